The van der Waals surface area contributed by atoms with Gasteiger partial charge in [-0.15, -0.1) is 13.2 Å². The minimum atomic E-state index is -2.29. The molecular weight excluding hydrogens is 738 g/mol. The van der Waals surface area contributed by atoms with Gasteiger partial charge in [-0.2, -0.15) is 0 Å². The molecule has 0 aromatic heterocycles. The summed E-state index contributed by atoms with van der Waals surface area (Å²) in [5.41, 5.74) is -6.96. The number of nitrogens with one attached hydrogen (secondary N) is 1. The maximum atomic E-state index is 14.9. The number of hydrogen-bond donors (Lipinski definition) is 5. The summed E-state index contributed by atoms with van der Waals surface area (Å²) < 4.78 is 24.0. The SMILES string of the molecule is C=CCCCC(=O)N[C@@H](c1ccccc1)[C@@H](O)C(=O)O[C@H]1C[C@@]2(O)[C@@H](OC(=O)CCCC=C)[C@@H]3[C@]4(OC(C)=O)CO[C@@H]4C[C@H](O)[C@@]3(C)C(=O)[C@H](O)C(=C1C)C2(C)C. The fourth-order valence-corrected chi connectivity index (χ4v) is 9.61. The van der Waals surface area contributed by atoms with Gasteiger partial charge >= 0.3 is 17.9 Å². The molecule has 5 rings (SSSR count). The Morgan fingerprint density at radius 2 is 1.65 bits per heavy atom. The average molecular weight is 796 g/mol. The largest absolute Gasteiger partial charge is 0.459 e. The van der Waals surface area contributed by atoms with Gasteiger partial charge in [0.05, 0.1) is 30.1 Å². The molecule has 312 valence electrons. The molecule has 0 radical (unpaired) electrons. The summed E-state index contributed by atoms with van der Waals surface area (Å²) >= 11 is 0. The molecule has 1 saturated heterocycles. The number of allylic oxidation sites excluding steroid dienone is 2. The number of hydrogen-bond acceptors (Lipinski definition) is 13. The summed E-state index contributed by atoms with van der Waals surface area (Å²) in [6, 6.07) is 7.11. The number of carbonyl (C=O) groups excluding carboxylic acids is 5. The van der Waals surface area contributed by atoms with Crippen molar-refractivity contribution in [2.24, 2.45) is 16.7 Å². The lowest BCUT2D eigenvalue weighted by Gasteiger charge is -2.67. The molecule has 1 aromatic rings. The molecule has 57 heavy (non-hydrogen) atoms. The maximum absolute atomic E-state index is 14.9. The number of ether oxygens (including phenoxy) is 4. The van der Waals surface area contributed by atoms with Crippen molar-refractivity contribution < 1.29 is 63.3 Å². The first-order valence-electron chi connectivity index (χ1n) is 19.6. The lowest BCUT2D eigenvalue weighted by molar-refractivity contribution is -0.347. The van der Waals surface area contributed by atoms with E-state index < -0.39 is 107 Å². The summed E-state index contributed by atoms with van der Waals surface area (Å²) in [4.78, 5) is 68.4. The number of rotatable bonds is 15. The van der Waals surface area contributed by atoms with E-state index in [0.29, 0.717) is 31.2 Å². The van der Waals surface area contributed by atoms with Crippen molar-refractivity contribution in [3.05, 3.63) is 72.4 Å². The predicted molar refractivity (Wildman–Crippen MR) is 205 cm³/mol. The number of aliphatic hydroxyl groups excluding tert-OH is 3. The maximum Gasteiger partial charge on any atom is 0.338 e. The highest BCUT2D eigenvalue weighted by Crippen LogP contribution is 2.64. The van der Waals surface area contributed by atoms with E-state index in [4.69, 9.17) is 18.9 Å². The first-order valence-corrected chi connectivity index (χ1v) is 19.6. The van der Waals surface area contributed by atoms with Crippen LogP contribution in [0.25, 0.3) is 0 Å². The summed E-state index contributed by atoms with van der Waals surface area (Å²) in [6.45, 7) is 14.3. The fraction of sp³-hybridized carbons (Fsp3) is 0.605. The molecule has 14 heteroatoms. The third kappa shape index (κ3) is 7.74. The van der Waals surface area contributed by atoms with Gasteiger partial charge in [0.1, 0.15) is 30.0 Å². The average Bonchev–Trinajstić information content (AvgIpc) is 3.15. The van der Waals surface area contributed by atoms with Crippen molar-refractivity contribution in [3.63, 3.8) is 0 Å². The van der Waals surface area contributed by atoms with E-state index in [1.165, 1.54) is 20.8 Å². The van der Waals surface area contributed by atoms with E-state index in [-0.39, 0.29) is 37.0 Å². The molecule has 1 aliphatic heterocycles. The van der Waals surface area contributed by atoms with Crippen molar-refractivity contribution in [1.29, 1.82) is 0 Å². The van der Waals surface area contributed by atoms with Gasteiger partial charge in [-0.3, -0.25) is 19.2 Å². The number of Topliss-reactive ketones (excluding diaryl/α,β-unsaturated/α-hetero) is 1. The molecule has 2 bridgehead atoms. The van der Waals surface area contributed by atoms with Crippen LogP contribution in [0.2, 0.25) is 0 Å². The van der Waals surface area contributed by atoms with Crippen LogP contribution in [0.1, 0.15) is 97.6 Å². The van der Waals surface area contributed by atoms with Gasteiger partial charge in [-0.25, -0.2) is 4.79 Å². The molecule has 14 nitrogen and oxygen atoms in total. The Morgan fingerprint density at radius 1 is 1.02 bits per heavy atom. The van der Waals surface area contributed by atoms with Gasteiger partial charge in [-0.05, 0) is 56.2 Å². The van der Waals surface area contributed by atoms with Crippen LogP contribution in [0.15, 0.2) is 66.8 Å². The van der Waals surface area contributed by atoms with Crippen LogP contribution in [-0.4, -0.2) is 104 Å². The lowest BCUT2D eigenvalue weighted by atomic mass is 9.44. The van der Waals surface area contributed by atoms with Gasteiger partial charge < -0.3 is 44.7 Å². The second-order valence-corrected chi connectivity index (χ2v) is 16.6. The molecule has 4 aliphatic rings. The van der Waals surface area contributed by atoms with E-state index in [1.54, 1.807) is 56.3 Å². The van der Waals surface area contributed by atoms with E-state index in [9.17, 15) is 44.4 Å². The number of fused-ring (bicyclic) bond motifs is 5. The van der Waals surface area contributed by atoms with Crippen LogP contribution < -0.4 is 5.32 Å². The van der Waals surface area contributed by atoms with Crippen molar-refractivity contribution in [2.75, 3.05) is 6.61 Å². The lowest BCUT2D eigenvalue weighted by Crippen LogP contribution is -2.81. The highest BCUT2D eigenvalue weighted by atomic mass is 16.6. The highest BCUT2D eigenvalue weighted by molar-refractivity contribution is 5.93. The number of benzene rings is 1. The summed E-state index contributed by atoms with van der Waals surface area (Å²) in [7, 11) is 0. The van der Waals surface area contributed by atoms with Crippen molar-refractivity contribution in [1.82, 2.24) is 5.32 Å². The smallest absolute Gasteiger partial charge is 0.338 e. The normalized spacial score (nSPS) is 33.7. The molecular formula is C43H57NO13. The first kappa shape index (κ1) is 43.9. The van der Waals surface area contributed by atoms with E-state index >= 15 is 0 Å². The predicted octanol–water partition coefficient (Wildman–Crippen LogP) is 3.25. The summed E-state index contributed by atoms with van der Waals surface area (Å²) in [5.74, 6) is -5.47. The van der Waals surface area contributed by atoms with Crippen molar-refractivity contribution in [2.45, 2.75) is 140 Å². The first-order chi connectivity index (χ1) is 26.8. The van der Waals surface area contributed by atoms with Crippen LogP contribution in [0.3, 0.4) is 0 Å². The number of esters is 3. The Hall–Kier alpha value is -4.21. The van der Waals surface area contributed by atoms with Gasteiger partial charge in [0, 0.05) is 38.0 Å². The fourth-order valence-electron chi connectivity index (χ4n) is 9.61. The zero-order valence-electron chi connectivity index (χ0n) is 33.4. The Bertz CT molecular complexity index is 1770. The third-order valence-electron chi connectivity index (χ3n) is 12.8. The van der Waals surface area contributed by atoms with E-state index in [1.807, 2.05) is 0 Å². The number of aliphatic hydroxyl groups is 4. The number of carbonyl (C=O) groups is 5. The van der Waals surface area contributed by atoms with Crippen LogP contribution in [0.5, 0.6) is 0 Å². The van der Waals surface area contributed by atoms with Crippen molar-refractivity contribution >= 4 is 29.6 Å². The Balaban J connectivity index is 1.63. The Labute approximate surface area is 333 Å². The molecule has 3 fully saturated rings. The van der Waals surface area contributed by atoms with Gasteiger partial charge in [0.15, 0.2) is 17.5 Å². The second-order valence-electron chi connectivity index (χ2n) is 16.6. The molecule has 0 unspecified atom stereocenters. The molecule has 1 aromatic carbocycles. The van der Waals surface area contributed by atoms with Gasteiger partial charge in [-0.1, -0.05) is 56.3 Å². The molecule has 2 saturated carbocycles. The zero-order chi connectivity index (χ0) is 42.1. The zero-order valence-corrected chi connectivity index (χ0v) is 33.4. The number of amides is 1. The highest BCUT2D eigenvalue weighted by Gasteiger charge is 2.78. The van der Waals surface area contributed by atoms with Crippen LogP contribution >= 0.6 is 0 Å². The van der Waals surface area contributed by atoms with Gasteiger partial charge in [0.2, 0.25) is 5.91 Å². The Kier molecular flexibility index (Phi) is 13.1. The summed E-state index contributed by atoms with van der Waals surface area (Å²) in [5, 5.41) is 51.6. The summed E-state index contributed by atoms with van der Waals surface area (Å²) in [6.07, 6.45) is -5.00. The topological polar surface area (TPSA) is 215 Å². The van der Waals surface area contributed by atoms with E-state index in [2.05, 4.69) is 18.5 Å². The standard InChI is InChI=1S/C43H57NO13/c1-8-10-13-19-30(47)44-33(26-17-15-12-16-18-26)35(50)39(52)55-27-22-43(53)38(56-31(48)20-14-11-9-2)36-41(7,37(51)34(49)32(24(27)3)40(43,5)6)28(46)21-29-42(36,23-54-29)57-25(4)45/h8-9,12,15-18,27-29,33-36,38,46,49-50,53H,1-2,10-11,13-14,19-23H2,3-7H3,(H,44,47)/t27-,28-,29+,33-,34+,35+,36-,38-,41+,42-,43+/m0/s1. The van der Waals surface area contributed by atoms with Crippen LogP contribution in [-0.2, 0) is 42.9 Å². The molecule has 1 amide bonds. The molecule has 11 atom stereocenters. The van der Waals surface area contributed by atoms with Crippen molar-refractivity contribution in [3.8, 4) is 0 Å². The minimum Gasteiger partial charge on any atom is -0.459 e. The minimum absolute atomic E-state index is 0.0308. The van der Waals surface area contributed by atoms with Crippen LogP contribution in [0.4, 0.5) is 0 Å². The molecule has 1 heterocycles. The van der Waals surface area contributed by atoms with Crippen LogP contribution in [0, 0.1) is 16.7 Å². The third-order valence-corrected chi connectivity index (χ3v) is 12.8. The molecule has 3 aliphatic carbocycles. The molecule has 5 N–H and O–H groups in total. The second kappa shape index (κ2) is 16.9. The number of unbranched alkanes of at least 4 members (excludes halogenated alkanes) is 2. The van der Waals surface area contributed by atoms with Gasteiger partial charge in [0.25, 0.3) is 0 Å². The number of ketones is 1. The quantitative estimate of drug-likeness (QED) is 0.0747. The molecule has 0 spiro atoms. The Morgan fingerprint density at radius 3 is 2.23 bits per heavy atom. The monoisotopic (exact) mass is 795 g/mol. The van der Waals surface area contributed by atoms with E-state index in [0.717, 1.165) is 0 Å².